The van der Waals surface area contributed by atoms with E-state index >= 15 is 0 Å². The van der Waals surface area contributed by atoms with Gasteiger partial charge in [-0.05, 0) is 23.8 Å². The number of hydrogen-bond acceptors (Lipinski definition) is 6. The number of phenols is 1. The van der Waals surface area contributed by atoms with E-state index in [9.17, 15) is 18.3 Å². The number of para-hydroxylation sites is 1. The first-order valence-electron chi connectivity index (χ1n) is 9.76. The summed E-state index contributed by atoms with van der Waals surface area (Å²) in [5.41, 5.74) is 1.54. The molecule has 8 nitrogen and oxygen atoms in total. The number of anilines is 1. The summed E-state index contributed by atoms with van der Waals surface area (Å²) in [7, 11) is -1.96. The van der Waals surface area contributed by atoms with E-state index in [0.29, 0.717) is 34.7 Å². The molecule has 1 heterocycles. The monoisotopic (exact) mass is 445 g/mol. The topological polar surface area (TPSA) is 108 Å². The quantitative estimate of drug-likeness (QED) is 0.732. The lowest BCUT2D eigenvalue weighted by Crippen LogP contribution is -2.36. The highest BCUT2D eigenvalue weighted by molar-refractivity contribution is 7.92. The summed E-state index contributed by atoms with van der Waals surface area (Å²) >= 11 is 0. The third-order valence-electron chi connectivity index (χ3n) is 4.87. The highest BCUT2D eigenvalue weighted by atomic mass is 32.2. The Balaban J connectivity index is 2.05. The van der Waals surface area contributed by atoms with Crippen LogP contribution in [-0.4, -0.2) is 43.5 Å². The van der Waals surface area contributed by atoms with Crippen LogP contribution in [0.2, 0.25) is 0 Å². The number of hydrazone groups is 1. The van der Waals surface area contributed by atoms with E-state index in [4.69, 9.17) is 4.74 Å². The van der Waals surface area contributed by atoms with Gasteiger partial charge in [0.05, 0.1) is 25.1 Å². The second kappa shape index (κ2) is 8.22. The molecule has 0 radical (unpaired) electrons. The first kappa shape index (κ1) is 22.6. The minimum absolute atomic E-state index is 0.0364. The molecule has 0 aliphatic carbocycles. The second-order valence-electron chi connectivity index (χ2n) is 8.52. The van der Waals surface area contributed by atoms with Gasteiger partial charge in [-0.15, -0.1) is 0 Å². The summed E-state index contributed by atoms with van der Waals surface area (Å²) in [4.78, 5) is 13.2. The van der Waals surface area contributed by atoms with Crippen LogP contribution in [0.1, 0.15) is 44.4 Å². The van der Waals surface area contributed by atoms with Crippen molar-refractivity contribution in [3.05, 3.63) is 53.6 Å². The first-order valence-corrected chi connectivity index (χ1v) is 11.6. The number of phenolic OH excluding ortho intramolecular Hbond substituents is 1. The molecule has 2 aromatic carbocycles. The molecular formula is C22H27N3O5S. The maximum absolute atomic E-state index is 13.2. The summed E-state index contributed by atoms with van der Waals surface area (Å²) < 4.78 is 30.8. The second-order valence-corrected chi connectivity index (χ2v) is 10.3. The molecule has 1 aliphatic heterocycles. The molecule has 9 heteroatoms. The number of carbonyl (C=O) groups excluding carboxylic acids is 1. The molecule has 3 rings (SSSR count). The van der Waals surface area contributed by atoms with Crippen LogP contribution >= 0.6 is 0 Å². The van der Waals surface area contributed by atoms with Crippen LogP contribution in [0.5, 0.6) is 11.5 Å². The van der Waals surface area contributed by atoms with Crippen molar-refractivity contribution in [1.29, 1.82) is 0 Å². The van der Waals surface area contributed by atoms with Crippen molar-refractivity contribution < 1.29 is 23.1 Å². The fraction of sp³-hybridized carbons (Fsp3) is 0.364. The number of rotatable bonds is 5. The number of amides is 1. The van der Waals surface area contributed by atoms with Crippen LogP contribution in [0, 0.1) is 5.41 Å². The van der Waals surface area contributed by atoms with Crippen LogP contribution in [-0.2, 0) is 14.8 Å². The van der Waals surface area contributed by atoms with E-state index in [-0.39, 0.29) is 11.7 Å². The van der Waals surface area contributed by atoms with Gasteiger partial charge in [0, 0.05) is 23.1 Å². The number of benzene rings is 2. The van der Waals surface area contributed by atoms with Crippen molar-refractivity contribution in [2.24, 2.45) is 10.5 Å². The fourth-order valence-corrected chi connectivity index (χ4v) is 3.96. The number of methoxy groups -OCH3 is 1. The molecule has 0 bridgehead atoms. The summed E-state index contributed by atoms with van der Waals surface area (Å²) in [5.74, 6) is 0.0826. The van der Waals surface area contributed by atoms with E-state index in [1.807, 2.05) is 20.8 Å². The van der Waals surface area contributed by atoms with Crippen molar-refractivity contribution in [3.8, 4) is 11.5 Å². The van der Waals surface area contributed by atoms with Crippen LogP contribution < -0.4 is 9.46 Å². The number of sulfonamides is 1. The van der Waals surface area contributed by atoms with Gasteiger partial charge in [-0.3, -0.25) is 9.52 Å². The lowest BCUT2D eigenvalue weighted by atomic mass is 9.92. The summed E-state index contributed by atoms with van der Waals surface area (Å²) in [5, 5.41) is 16.7. The van der Waals surface area contributed by atoms with Gasteiger partial charge in [0.25, 0.3) is 0 Å². The van der Waals surface area contributed by atoms with Crippen molar-refractivity contribution in [2.75, 3.05) is 18.1 Å². The minimum atomic E-state index is -3.43. The van der Waals surface area contributed by atoms with E-state index in [2.05, 4.69) is 9.82 Å². The molecule has 0 saturated carbocycles. The molecule has 0 aromatic heterocycles. The Labute approximate surface area is 182 Å². The minimum Gasteiger partial charge on any atom is -0.504 e. The van der Waals surface area contributed by atoms with Crippen LogP contribution in [0.15, 0.2) is 47.6 Å². The summed E-state index contributed by atoms with van der Waals surface area (Å²) in [6.07, 6.45) is 1.43. The lowest BCUT2D eigenvalue weighted by molar-refractivity contribution is -0.141. The lowest BCUT2D eigenvalue weighted by Gasteiger charge is -2.28. The van der Waals surface area contributed by atoms with Crippen LogP contribution in [0.3, 0.4) is 0 Å². The van der Waals surface area contributed by atoms with Gasteiger partial charge < -0.3 is 9.84 Å². The predicted octanol–water partition coefficient (Wildman–Crippen LogP) is 3.50. The van der Waals surface area contributed by atoms with Crippen molar-refractivity contribution >= 4 is 27.3 Å². The summed E-state index contributed by atoms with van der Waals surface area (Å²) in [6, 6.07) is 11.5. The van der Waals surface area contributed by atoms with Gasteiger partial charge >= 0.3 is 0 Å². The molecule has 2 N–H and O–H groups in total. The van der Waals surface area contributed by atoms with E-state index < -0.39 is 21.5 Å². The summed E-state index contributed by atoms with van der Waals surface area (Å²) in [6.45, 7) is 5.42. The maximum Gasteiger partial charge on any atom is 0.248 e. The Bertz CT molecular complexity index is 1140. The van der Waals surface area contributed by atoms with E-state index in [1.165, 1.54) is 12.1 Å². The number of carbonyl (C=O) groups is 1. The highest BCUT2D eigenvalue weighted by Crippen LogP contribution is 2.42. The Morgan fingerprint density at radius 3 is 2.52 bits per heavy atom. The maximum atomic E-state index is 13.2. The Hall–Kier alpha value is -3.07. The van der Waals surface area contributed by atoms with Gasteiger partial charge in [-0.2, -0.15) is 5.10 Å². The zero-order valence-corrected chi connectivity index (χ0v) is 19.0. The van der Waals surface area contributed by atoms with Gasteiger partial charge in [0.15, 0.2) is 11.5 Å². The van der Waals surface area contributed by atoms with Gasteiger partial charge in [-0.25, -0.2) is 13.4 Å². The normalized spacial score (nSPS) is 16.7. The van der Waals surface area contributed by atoms with Crippen LogP contribution in [0.4, 0.5) is 5.69 Å². The molecule has 2 aromatic rings. The zero-order chi connectivity index (χ0) is 23.0. The van der Waals surface area contributed by atoms with E-state index in [1.54, 1.807) is 42.5 Å². The smallest absolute Gasteiger partial charge is 0.248 e. The van der Waals surface area contributed by atoms with Crippen molar-refractivity contribution in [3.63, 3.8) is 0 Å². The number of nitrogens with zero attached hydrogens (tertiary/aromatic N) is 2. The first-order chi connectivity index (χ1) is 14.4. The molecule has 0 unspecified atom stereocenters. The van der Waals surface area contributed by atoms with Gasteiger partial charge in [0.1, 0.15) is 0 Å². The number of nitrogens with one attached hydrogen (secondary N) is 1. The largest absolute Gasteiger partial charge is 0.504 e. The highest BCUT2D eigenvalue weighted by Gasteiger charge is 2.39. The van der Waals surface area contributed by atoms with Crippen molar-refractivity contribution in [1.82, 2.24) is 5.01 Å². The molecule has 0 saturated heterocycles. The Kier molecular flexibility index (Phi) is 6.00. The van der Waals surface area contributed by atoms with Gasteiger partial charge in [-0.1, -0.05) is 45.0 Å². The van der Waals surface area contributed by atoms with Crippen LogP contribution in [0.25, 0.3) is 0 Å². The van der Waals surface area contributed by atoms with E-state index in [0.717, 1.165) is 6.26 Å². The molecule has 166 valence electrons. The van der Waals surface area contributed by atoms with Gasteiger partial charge in [0.2, 0.25) is 15.9 Å². The predicted molar refractivity (Wildman–Crippen MR) is 120 cm³/mol. The molecule has 1 amide bonds. The molecule has 31 heavy (non-hydrogen) atoms. The average Bonchev–Trinajstić information content (AvgIpc) is 3.10. The molecule has 1 aliphatic rings. The Morgan fingerprint density at radius 2 is 1.90 bits per heavy atom. The standard InChI is InChI=1S/C22H27N3O5S/c1-22(2,3)21(27)25-18(16-10-7-11-19(30-4)20(16)26)13-17(23-25)14-8-6-9-15(12-14)24-31(5,28)29/h6-12,18,24,26H,13H2,1-5H3/t18-/m1/s1. The third-order valence-corrected chi connectivity index (χ3v) is 5.47. The number of hydrogen-bond donors (Lipinski definition) is 2. The number of aromatic hydroxyl groups is 1. The SMILES string of the molecule is COc1cccc([C@H]2CC(c3cccc(NS(C)(=O)=O)c3)=NN2C(=O)C(C)(C)C)c1O. The molecule has 0 spiro atoms. The average molecular weight is 446 g/mol. The number of ether oxygens (including phenoxy) is 1. The molecular weight excluding hydrogens is 418 g/mol. The molecule has 0 fully saturated rings. The third kappa shape index (κ3) is 4.99. The molecule has 1 atom stereocenters. The van der Waals surface area contributed by atoms with Crippen molar-refractivity contribution in [2.45, 2.75) is 33.2 Å². The fourth-order valence-electron chi connectivity index (χ4n) is 3.41. The Morgan fingerprint density at radius 1 is 1.23 bits per heavy atom. The zero-order valence-electron chi connectivity index (χ0n) is 18.2.